The van der Waals surface area contributed by atoms with Crippen LogP contribution < -0.4 is 4.90 Å². The molecule has 1 unspecified atom stereocenters. The molecule has 160 valence electrons. The van der Waals surface area contributed by atoms with Crippen molar-refractivity contribution in [2.24, 2.45) is 5.92 Å². The van der Waals surface area contributed by atoms with Gasteiger partial charge in [-0.1, -0.05) is 36.4 Å². The molecule has 5 rings (SSSR count). The van der Waals surface area contributed by atoms with Gasteiger partial charge in [0.25, 0.3) is 0 Å². The molecule has 2 aliphatic rings. The van der Waals surface area contributed by atoms with Crippen molar-refractivity contribution in [2.75, 3.05) is 31.1 Å². The second kappa shape index (κ2) is 8.25. The fraction of sp³-hybridized carbons (Fsp3) is 0.400. The number of rotatable bonds is 3. The van der Waals surface area contributed by atoms with E-state index in [1.807, 2.05) is 48.2 Å². The quantitative estimate of drug-likeness (QED) is 0.636. The SMILES string of the molecule is Cc1nc(N2CCC(C(=O)N3CCC(c4ccccc4F)C3)CC2)nc2ccccc12. The number of aromatic nitrogens is 2. The van der Waals surface area contributed by atoms with Gasteiger partial charge in [0.1, 0.15) is 5.82 Å². The molecule has 0 N–H and O–H groups in total. The van der Waals surface area contributed by atoms with Crippen LogP contribution in [-0.4, -0.2) is 47.0 Å². The number of hydrogen-bond acceptors (Lipinski definition) is 4. The van der Waals surface area contributed by atoms with Crippen LogP contribution in [-0.2, 0) is 4.79 Å². The van der Waals surface area contributed by atoms with Crippen LogP contribution in [0.4, 0.5) is 10.3 Å². The van der Waals surface area contributed by atoms with Crippen molar-refractivity contribution in [1.29, 1.82) is 0 Å². The van der Waals surface area contributed by atoms with Crippen molar-refractivity contribution in [1.82, 2.24) is 14.9 Å². The molecule has 1 amide bonds. The minimum absolute atomic E-state index is 0.0252. The summed E-state index contributed by atoms with van der Waals surface area (Å²) in [6, 6.07) is 15.0. The van der Waals surface area contributed by atoms with E-state index in [1.165, 1.54) is 6.07 Å². The van der Waals surface area contributed by atoms with E-state index in [0.717, 1.165) is 60.5 Å². The second-order valence-electron chi connectivity index (χ2n) is 8.68. The van der Waals surface area contributed by atoms with Gasteiger partial charge in [-0.2, -0.15) is 0 Å². The zero-order valence-corrected chi connectivity index (χ0v) is 17.8. The summed E-state index contributed by atoms with van der Waals surface area (Å²) in [5.74, 6) is 0.925. The fourth-order valence-corrected chi connectivity index (χ4v) is 4.97. The van der Waals surface area contributed by atoms with Crippen LogP contribution in [0.2, 0.25) is 0 Å². The van der Waals surface area contributed by atoms with Crippen molar-refractivity contribution in [3.8, 4) is 0 Å². The number of halogens is 1. The average Bonchev–Trinajstić information content (AvgIpc) is 3.29. The zero-order chi connectivity index (χ0) is 21.4. The van der Waals surface area contributed by atoms with E-state index in [0.29, 0.717) is 13.1 Å². The first-order chi connectivity index (χ1) is 15.1. The Morgan fingerprint density at radius 1 is 0.968 bits per heavy atom. The highest BCUT2D eigenvalue weighted by molar-refractivity contribution is 5.82. The van der Waals surface area contributed by atoms with Crippen molar-refractivity contribution >= 4 is 22.8 Å². The number of aryl methyl sites for hydroxylation is 1. The number of benzene rings is 2. The summed E-state index contributed by atoms with van der Waals surface area (Å²) in [6.07, 6.45) is 2.43. The van der Waals surface area contributed by atoms with E-state index in [4.69, 9.17) is 9.97 Å². The Bertz CT molecular complexity index is 1110. The first-order valence-corrected chi connectivity index (χ1v) is 11.1. The van der Waals surface area contributed by atoms with Gasteiger partial charge in [0.15, 0.2) is 0 Å². The van der Waals surface area contributed by atoms with Crippen LogP contribution in [0.25, 0.3) is 10.9 Å². The summed E-state index contributed by atoms with van der Waals surface area (Å²) < 4.78 is 14.1. The van der Waals surface area contributed by atoms with Gasteiger partial charge in [0.2, 0.25) is 11.9 Å². The van der Waals surface area contributed by atoms with E-state index < -0.39 is 0 Å². The maximum Gasteiger partial charge on any atom is 0.226 e. The Kier molecular flexibility index (Phi) is 5.30. The molecule has 0 saturated carbocycles. The Balaban J connectivity index is 1.22. The third-order valence-corrected chi connectivity index (χ3v) is 6.75. The van der Waals surface area contributed by atoms with Gasteiger partial charge in [-0.05, 0) is 43.9 Å². The van der Waals surface area contributed by atoms with Crippen molar-refractivity contribution in [3.63, 3.8) is 0 Å². The topological polar surface area (TPSA) is 49.3 Å². The van der Waals surface area contributed by atoms with Crippen LogP contribution in [0.15, 0.2) is 48.5 Å². The van der Waals surface area contributed by atoms with Crippen LogP contribution >= 0.6 is 0 Å². The van der Waals surface area contributed by atoms with Gasteiger partial charge in [0, 0.05) is 43.4 Å². The molecule has 6 heteroatoms. The standard InChI is InChI=1S/C25H27FN4O/c1-17-20-6-3-5-9-23(20)28-25(27-17)29-13-10-18(11-14-29)24(31)30-15-12-19(16-30)21-7-2-4-8-22(21)26/h2-9,18-19H,10-16H2,1H3. The molecule has 0 spiro atoms. The monoisotopic (exact) mass is 418 g/mol. The molecular formula is C25H27FN4O. The third-order valence-electron chi connectivity index (χ3n) is 6.75. The summed E-state index contributed by atoms with van der Waals surface area (Å²) in [6.45, 7) is 4.90. The molecule has 2 fully saturated rings. The maximum atomic E-state index is 14.1. The van der Waals surface area contributed by atoms with Gasteiger partial charge < -0.3 is 9.80 Å². The molecule has 1 aromatic heterocycles. The largest absolute Gasteiger partial charge is 0.342 e. The van der Waals surface area contributed by atoms with E-state index in [9.17, 15) is 9.18 Å². The number of amides is 1. The highest BCUT2D eigenvalue weighted by atomic mass is 19.1. The van der Waals surface area contributed by atoms with Gasteiger partial charge >= 0.3 is 0 Å². The summed E-state index contributed by atoms with van der Waals surface area (Å²) in [4.78, 5) is 26.7. The normalized spacial score (nSPS) is 19.9. The smallest absolute Gasteiger partial charge is 0.226 e. The molecule has 0 aliphatic carbocycles. The van der Waals surface area contributed by atoms with E-state index >= 15 is 0 Å². The highest BCUT2D eigenvalue weighted by Gasteiger charge is 2.34. The molecule has 0 bridgehead atoms. The predicted octanol–water partition coefficient (Wildman–Crippen LogP) is 4.31. The van der Waals surface area contributed by atoms with Gasteiger partial charge in [-0.25, -0.2) is 14.4 Å². The number of likely N-dealkylation sites (tertiary alicyclic amines) is 1. The van der Waals surface area contributed by atoms with E-state index in [2.05, 4.69) is 4.90 Å². The Hall–Kier alpha value is -3.02. The molecular weight excluding hydrogens is 391 g/mol. The third kappa shape index (κ3) is 3.87. The van der Waals surface area contributed by atoms with Crippen LogP contribution in [0, 0.1) is 18.7 Å². The molecule has 1 atom stereocenters. The molecule has 3 aromatic rings. The molecule has 2 aromatic carbocycles. The summed E-state index contributed by atoms with van der Waals surface area (Å²) in [5.41, 5.74) is 2.67. The second-order valence-corrected chi connectivity index (χ2v) is 8.68. The minimum atomic E-state index is -0.166. The van der Waals surface area contributed by atoms with Crippen molar-refractivity contribution in [2.45, 2.75) is 32.1 Å². The fourth-order valence-electron chi connectivity index (χ4n) is 4.97. The first-order valence-electron chi connectivity index (χ1n) is 11.1. The molecule has 31 heavy (non-hydrogen) atoms. The zero-order valence-electron chi connectivity index (χ0n) is 17.8. The number of carbonyl (C=O) groups excluding carboxylic acids is 1. The van der Waals surface area contributed by atoms with Gasteiger partial charge in [0.05, 0.1) is 11.2 Å². The number of para-hydroxylation sites is 1. The average molecular weight is 419 g/mol. The molecule has 2 saturated heterocycles. The minimum Gasteiger partial charge on any atom is -0.342 e. The lowest BCUT2D eigenvalue weighted by molar-refractivity contribution is -0.135. The lowest BCUT2D eigenvalue weighted by Gasteiger charge is -2.33. The first kappa shape index (κ1) is 19.9. The Morgan fingerprint density at radius 2 is 1.71 bits per heavy atom. The van der Waals surface area contributed by atoms with Gasteiger partial charge in [-0.3, -0.25) is 4.79 Å². The highest BCUT2D eigenvalue weighted by Crippen LogP contribution is 2.32. The molecule has 5 nitrogen and oxygen atoms in total. The van der Waals surface area contributed by atoms with E-state index in [-0.39, 0.29) is 23.6 Å². The number of nitrogens with zero attached hydrogens (tertiary/aromatic N) is 4. The summed E-state index contributed by atoms with van der Waals surface area (Å²) in [7, 11) is 0. The Morgan fingerprint density at radius 3 is 2.52 bits per heavy atom. The molecule has 3 heterocycles. The summed E-state index contributed by atoms with van der Waals surface area (Å²) >= 11 is 0. The molecule has 0 radical (unpaired) electrons. The lowest BCUT2D eigenvalue weighted by Crippen LogP contribution is -2.42. The van der Waals surface area contributed by atoms with Crippen LogP contribution in [0.5, 0.6) is 0 Å². The van der Waals surface area contributed by atoms with Gasteiger partial charge in [-0.15, -0.1) is 0 Å². The number of fused-ring (bicyclic) bond motifs is 1. The Labute approximate surface area is 181 Å². The predicted molar refractivity (Wildman–Crippen MR) is 120 cm³/mol. The maximum absolute atomic E-state index is 14.1. The molecule has 2 aliphatic heterocycles. The number of hydrogen-bond donors (Lipinski definition) is 0. The lowest BCUT2D eigenvalue weighted by atomic mass is 9.95. The summed E-state index contributed by atoms with van der Waals surface area (Å²) in [5, 5.41) is 1.08. The van der Waals surface area contributed by atoms with Crippen molar-refractivity contribution < 1.29 is 9.18 Å². The van der Waals surface area contributed by atoms with Crippen molar-refractivity contribution in [3.05, 3.63) is 65.6 Å². The number of anilines is 1. The van der Waals surface area contributed by atoms with Crippen LogP contribution in [0.1, 0.15) is 36.4 Å². The van der Waals surface area contributed by atoms with Crippen LogP contribution in [0.3, 0.4) is 0 Å². The number of carbonyl (C=O) groups is 1. The number of piperidine rings is 1. The van der Waals surface area contributed by atoms with E-state index in [1.54, 1.807) is 6.07 Å².